The molecule has 3 aromatic heterocycles. The normalized spacial score (nSPS) is 13.4. The molecule has 38 heavy (non-hydrogen) atoms. The van der Waals surface area contributed by atoms with Gasteiger partial charge in [0.25, 0.3) is 0 Å². The van der Waals surface area contributed by atoms with Crippen molar-refractivity contribution in [1.29, 1.82) is 0 Å². The number of anilines is 1. The summed E-state index contributed by atoms with van der Waals surface area (Å²) in [6.07, 6.45) is 3.82. The van der Waals surface area contributed by atoms with Crippen LogP contribution < -0.4 is 14.2 Å². The first-order valence-corrected chi connectivity index (χ1v) is 13.0. The number of nitrogens with zero attached hydrogens (tertiary/aromatic N) is 7. The van der Waals surface area contributed by atoms with Crippen molar-refractivity contribution in [2.75, 3.05) is 18.9 Å². The molecule has 0 radical (unpaired) electrons. The smallest absolute Gasteiger partial charge is 0.333 e. The average Bonchev–Trinajstić information content (AvgIpc) is 3.55. The Hall–Kier alpha value is -3.85. The Kier molecular flexibility index (Phi) is 7.78. The third-order valence-corrected chi connectivity index (χ3v) is 7.85. The summed E-state index contributed by atoms with van der Waals surface area (Å²) < 4.78 is 68.5. The third kappa shape index (κ3) is 5.24. The van der Waals surface area contributed by atoms with Crippen molar-refractivity contribution in [2.24, 2.45) is 0 Å². The molecule has 0 saturated carbocycles. The molecule has 0 saturated heterocycles. The molecule has 0 bridgehead atoms. The Morgan fingerprint density at radius 1 is 1.03 bits per heavy atom. The number of methoxy groups -OCH3 is 2. The van der Waals surface area contributed by atoms with E-state index < -0.39 is 27.7 Å². The summed E-state index contributed by atoms with van der Waals surface area (Å²) in [6, 6.07) is 6.19. The topological polar surface area (TPSA) is 139 Å². The lowest BCUT2D eigenvalue weighted by molar-refractivity contribution is 0.0568. The summed E-state index contributed by atoms with van der Waals surface area (Å²) in [4.78, 5) is 8.23. The van der Waals surface area contributed by atoms with Crippen LogP contribution in [0.2, 0.25) is 5.02 Å². The van der Waals surface area contributed by atoms with Gasteiger partial charge >= 0.3 is 6.55 Å². The quantitative estimate of drug-likeness (QED) is 0.301. The van der Waals surface area contributed by atoms with E-state index in [4.69, 9.17) is 21.1 Å². The predicted octanol–water partition coefficient (Wildman–Crippen LogP) is 3.92. The molecule has 0 aliphatic heterocycles. The number of hydrogen-bond acceptors (Lipinski definition) is 9. The fraction of sp³-hybridized carbons (Fsp3) is 0.318. The Morgan fingerprint density at radius 2 is 1.66 bits per heavy atom. The van der Waals surface area contributed by atoms with Crippen LogP contribution in [0.1, 0.15) is 32.1 Å². The van der Waals surface area contributed by atoms with Crippen LogP contribution in [-0.2, 0) is 10.0 Å². The maximum atomic E-state index is 13.5. The van der Waals surface area contributed by atoms with E-state index in [-0.39, 0.29) is 40.5 Å². The van der Waals surface area contributed by atoms with E-state index in [2.05, 4.69) is 30.0 Å². The summed E-state index contributed by atoms with van der Waals surface area (Å²) >= 11 is 5.85. The fourth-order valence-corrected chi connectivity index (χ4v) is 4.93. The molecule has 1 aromatic carbocycles. The molecule has 4 rings (SSSR count). The van der Waals surface area contributed by atoms with Crippen LogP contribution in [0.3, 0.4) is 0 Å². The molecule has 2 atom stereocenters. The van der Waals surface area contributed by atoms with Gasteiger partial charge in [0, 0.05) is 24.5 Å². The number of rotatable bonds is 10. The van der Waals surface area contributed by atoms with Gasteiger partial charge < -0.3 is 9.47 Å². The highest BCUT2D eigenvalue weighted by atomic mass is 35.5. The van der Waals surface area contributed by atoms with Gasteiger partial charge in [-0.1, -0.05) is 24.6 Å². The number of ether oxygens (including phenoxy) is 2. The summed E-state index contributed by atoms with van der Waals surface area (Å²) in [6.45, 7) is 0.251. The molecule has 1 N–H and O–H groups in total. The van der Waals surface area contributed by atoms with Crippen molar-refractivity contribution >= 4 is 27.6 Å². The first kappa shape index (κ1) is 27.2. The molecular formula is C22H23ClF2N8O4S. The van der Waals surface area contributed by atoms with Gasteiger partial charge in [-0.05, 0) is 25.1 Å². The molecule has 0 aliphatic carbocycles. The second-order valence-electron chi connectivity index (χ2n) is 8.05. The second-order valence-corrected chi connectivity index (χ2v) is 10.5. The minimum Gasteiger partial charge on any atom is -0.494 e. The number of nitrogens with one attached hydrogen (secondary N) is 1. The average molecular weight is 569 g/mol. The number of hydrogen-bond donors (Lipinski definition) is 1. The Bertz CT molecular complexity index is 1510. The van der Waals surface area contributed by atoms with E-state index >= 15 is 0 Å². The van der Waals surface area contributed by atoms with Crippen LogP contribution in [-0.4, -0.2) is 62.4 Å². The van der Waals surface area contributed by atoms with Gasteiger partial charge in [-0.2, -0.15) is 13.9 Å². The Labute approximate surface area is 221 Å². The molecule has 202 valence electrons. The van der Waals surface area contributed by atoms with Crippen molar-refractivity contribution < 1.29 is 26.7 Å². The molecule has 4 aromatic rings. The monoisotopic (exact) mass is 568 g/mol. The maximum Gasteiger partial charge on any atom is 0.333 e. The molecule has 0 amide bonds. The number of para-hydroxylation sites is 1. The highest BCUT2D eigenvalue weighted by Gasteiger charge is 2.33. The molecular weight excluding hydrogens is 546 g/mol. The number of aromatic nitrogens is 7. The van der Waals surface area contributed by atoms with Crippen LogP contribution in [0.5, 0.6) is 11.5 Å². The number of alkyl halides is 2. The summed E-state index contributed by atoms with van der Waals surface area (Å²) in [5, 5.41) is 11.2. The standard InChI is InChI=1S/C22H23ClF2N8O4S/c1-12(19-26-10-14(23)11-27-19)13(2)38(34,35)31-22-29-28-20(15-8-9-32(30-15)21(24)25)33(22)18-16(36-3)6-5-7-17(18)37-4/h5-13,21H,1-4H3,(H,29,31). The molecule has 3 heterocycles. The maximum absolute atomic E-state index is 13.5. The minimum atomic E-state index is -4.13. The lowest BCUT2D eigenvalue weighted by Crippen LogP contribution is -2.31. The van der Waals surface area contributed by atoms with Crippen LogP contribution >= 0.6 is 11.6 Å². The summed E-state index contributed by atoms with van der Waals surface area (Å²) in [5.41, 5.74) is 0.232. The van der Waals surface area contributed by atoms with Gasteiger partial charge in [0.2, 0.25) is 16.0 Å². The lowest BCUT2D eigenvalue weighted by atomic mass is 10.1. The lowest BCUT2D eigenvalue weighted by Gasteiger charge is -2.21. The Balaban J connectivity index is 1.82. The summed E-state index contributed by atoms with van der Waals surface area (Å²) in [7, 11) is -1.31. The van der Waals surface area contributed by atoms with Crippen molar-refractivity contribution in [3.8, 4) is 28.7 Å². The van der Waals surface area contributed by atoms with Crippen molar-refractivity contribution in [3.05, 3.63) is 53.7 Å². The molecule has 0 aliphatic rings. The van der Waals surface area contributed by atoms with Gasteiger partial charge in [0.15, 0.2) is 5.82 Å². The zero-order valence-corrected chi connectivity index (χ0v) is 22.2. The van der Waals surface area contributed by atoms with Gasteiger partial charge in [-0.15, -0.1) is 10.2 Å². The van der Waals surface area contributed by atoms with E-state index in [0.717, 1.165) is 6.20 Å². The first-order valence-electron chi connectivity index (χ1n) is 11.1. The zero-order chi connectivity index (χ0) is 27.6. The van der Waals surface area contributed by atoms with Gasteiger partial charge in [-0.25, -0.2) is 23.1 Å². The van der Waals surface area contributed by atoms with Gasteiger partial charge in [0.1, 0.15) is 28.7 Å². The van der Waals surface area contributed by atoms with E-state index in [0.29, 0.717) is 9.70 Å². The molecule has 12 nitrogen and oxygen atoms in total. The highest BCUT2D eigenvalue weighted by molar-refractivity contribution is 7.93. The van der Waals surface area contributed by atoms with Gasteiger partial charge in [-0.3, -0.25) is 9.29 Å². The van der Waals surface area contributed by atoms with Crippen LogP contribution in [0.15, 0.2) is 42.9 Å². The number of benzene rings is 1. The van der Waals surface area contributed by atoms with E-state index in [1.54, 1.807) is 25.1 Å². The molecule has 0 spiro atoms. The van der Waals surface area contributed by atoms with Crippen molar-refractivity contribution in [3.63, 3.8) is 0 Å². The van der Waals surface area contributed by atoms with Gasteiger partial charge in [0.05, 0.1) is 24.5 Å². The fourth-order valence-electron chi connectivity index (χ4n) is 3.60. The van der Waals surface area contributed by atoms with E-state index in [1.165, 1.54) is 44.2 Å². The second kappa shape index (κ2) is 10.9. The largest absolute Gasteiger partial charge is 0.494 e. The van der Waals surface area contributed by atoms with Crippen LogP contribution in [0, 0.1) is 0 Å². The molecule has 16 heteroatoms. The SMILES string of the molecule is COc1cccc(OC)c1-n1c(NS(=O)(=O)C(C)C(C)c2ncc(Cl)cn2)nnc1-c1ccn(C(F)F)n1. The van der Waals surface area contributed by atoms with E-state index in [1.807, 2.05) is 0 Å². The molecule has 2 unspecified atom stereocenters. The predicted molar refractivity (Wildman–Crippen MR) is 134 cm³/mol. The van der Waals surface area contributed by atoms with Crippen molar-refractivity contribution in [1.82, 2.24) is 34.5 Å². The number of sulfonamides is 1. The third-order valence-electron chi connectivity index (χ3n) is 5.80. The number of halogens is 3. The minimum absolute atomic E-state index is 0.00666. The van der Waals surface area contributed by atoms with Crippen molar-refractivity contribution in [2.45, 2.75) is 31.6 Å². The Morgan fingerprint density at radius 3 is 2.21 bits per heavy atom. The summed E-state index contributed by atoms with van der Waals surface area (Å²) in [5.74, 6) is -0.0936. The van der Waals surface area contributed by atoms with Crippen LogP contribution in [0.25, 0.3) is 17.2 Å². The molecule has 0 fully saturated rings. The zero-order valence-electron chi connectivity index (χ0n) is 20.6. The highest BCUT2D eigenvalue weighted by Crippen LogP contribution is 2.38. The van der Waals surface area contributed by atoms with E-state index in [9.17, 15) is 17.2 Å². The van der Waals surface area contributed by atoms with Crippen LogP contribution in [0.4, 0.5) is 14.7 Å². The first-order chi connectivity index (χ1) is 18.1.